The van der Waals surface area contributed by atoms with Gasteiger partial charge in [-0.15, -0.1) is 0 Å². The molecular formula is C14H16BrN3. The van der Waals surface area contributed by atoms with E-state index < -0.39 is 0 Å². The van der Waals surface area contributed by atoms with Crippen LogP contribution in [-0.4, -0.2) is 17.0 Å². The van der Waals surface area contributed by atoms with Crippen molar-refractivity contribution in [3.63, 3.8) is 0 Å². The standard InChI is InChI=1S/C14H16BrN3/c1-3-5-12-9-13(16-2)18-14(17-12)10-6-4-7-11(15)8-10/h4,6-9H,3,5H2,1-2H3,(H,16,17,18). The summed E-state index contributed by atoms with van der Waals surface area (Å²) in [5, 5.41) is 3.09. The summed E-state index contributed by atoms with van der Waals surface area (Å²) in [7, 11) is 1.88. The zero-order valence-electron chi connectivity index (χ0n) is 10.6. The average molecular weight is 306 g/mol. The van der Waals surface area contributed by atoms with Crippen LogP contribution >= 0.6 is 15.9 Å². The summed E-state index contributed by atoms with van der Waals surface area (Å²) in [4.78, 5) is 9.11. The molecule has 94 valence electrons. The maximum atomic E-state index is 4.61. The van der Waals surface area contributed by atoms with Crippen LogP contribution in [-0.2, 0) is 6.42 Å². The van der Waals surface area contributed by atoms with E-state index in [0.29, 0.717) is 0 Å². The molecule has 0 atom stereocenters. The van der Waals surface area contributed by atoms with Crippen LogP contribution in [0.3, 0.4) is 0 Å². The van der Waals surface area contributed by atoms with Crippen molar-refractivity contribution in [1.82, 2.24) is 9.97 Å². The number of nitrogens with one attached hydrogen (secondary N) is 1. The second-order valence-corrected chi connectivity index (χ2v) is 4.99. The molecule has 0 aliphatic carbocycles. The van der Waals surface area contributed by atoms with Crippen molar-refractivity contribution in [3.8, 4) is 11.4 Å². The molecule has 0 saturated carbocycles. The quantitative estimate of drug-likeness (QED) is 0.931. The van der Waals surface area contributed by atoms with Gasteiger partial charge in [-0.3, -0.25) is 0 Å². The first-order chi connectivity index (χ1) is 8.72. The Morgan fingerprint density at radius 1 is 1.22 bits per heavy atom. The first kappa shape index (κ1) is 13.0. The monoisotopic (exact) mass is 305 g/mol. The van der Waals surface area contributed by atoms with Crippen LogP contribution in [0.25, 0.3) is 11.4 Å². The molecular weight excluding hydrogens is 290 g/mol. The Labute approximate surface area is 116 Å². The third-order valence-corrected chi connectivity index (χ3v) is 3.12. The van der Waals surface area contributed by atoms with Crippen LogP contribution in [0.1, 0.15) is 19.0 Å². The topological polar surface area (TPSA) is 37.8 Å². The normalized spacial score (nSPS) is 10.4. The molecule has 0 spiro atoms. The molecule has 1 aromatic carbocycles. The highest BCUT2D eigenvalue weighted by Gasteiger charge is 2.06. The maximum Gasteiger partial charge on any atom is 0.161 e. The van der Waals surface area contributed by atoms with E-state index in [0.717, 1.165) is 40.2 Å². The van der Waals surface area contributed by atoms with Crippen molar-refractivity contribution in [3.05, 3.63) is 40.5 Å². The van der Waals surface area contributed by atoms with E-state index in [1.807, 2.05) is 37.4 Å². The summed E-state index contributed by atoms with van der Waals surface area (Å²) in [6.45, 7) is 2.15. The summed E-state index contributed by atoms with van der Waals surface area (Å²) >= 11 is 3.47. The van der Waals surface area contributed by atoms with Gasteiger partial charge in [-0.2, -0.15) is 0 Å². The third kappa shape index (κ3) is 3.07. The number of aryl methyl sites for hydroxylation is 1. The van der Waals surface area contributed by atoms with Crippen molar-refractivity contribution in [2.75, 3.05) is 12.4 Å². The average Bonchev–Trinajstić information content (AvgIpc) is 2.39. The zero-order valence-corrected chi connectivity index (χ0v) is 12.2. The summed E-state index contributed by atoms with van der Waals surface area (Å²) in [5.41, 5.74) is 2.10. The minimum Gasteiger partial charge on any atom is -0.373 e. The molecule has 0 fully saturated rings. The lowest BCUT2D eigenvalue weighted by molar-refractivity contribution is 0.876. The molecule has 18 heavy (non-hydrogen) atoms. The maximum absolute atomic E-state index is 4.61. The van der Waals surface area contributed by atoms with Gasteiger partial charge in [0.05, 0.1) is 0 Å². The largest absolute Gasteiger partial charge is 0.373 e. The summed E-state index contributed by atoms with van der Waals surface area (Å²) in [5.74, 6) is 1.63. The van der Waals surface area contributed by atoms with Gasteiger partial charge >= 0.3 is 0 Å². The Bertz CT molecular complexity index is 540. The molecule has 0 unspecified atom stereocenters. The molecule has 1 N–H and O–H groups in total. The Morgan fingerprint density at radius 2 is 2.06 bits per heavy atom. The summed E-state index contributed by atoms with van der Waals surface area (Å²) < 4.78 is 1.04. The molecule has 0 aliphatic heterocycles. The van der Waals surface area contributed by atoms with Crippen molar-refractivity contribution < 1.29 is 0 Å². The number of benzene rings is 1. The predicted molar refractivity (Wildman–Crippen MR) is 78.7 cm³/mol. The summed E-state index contributed by atoms with van der Waals surface area (Å²) in [6, 6.07) is 10.1. The fraction of sp³-hybridized carbons (Fsp3) is 0.286. The highest BCUT2D eigenvalue weighted by molar-refractivity contribution is 9.10. The fourth-order valence-corrected chi connectivity index (χ4v) is 2.17. The number of halogens is 1. The van der Waals surface area contributed by atoms with Gasteiger partial charge in [0.2, 0.25) is 0 Å². The van der Waals surface area contributed by atoms with E-state index in [1.165, 1.54) is 0 Å². The molecule has 0 amide bonds. The number of nitrogens with zero attached hydrogens (tertiary/aromatic N) is 2. The van der Waals surface area contributed by atoms with Gasteiger partial charge in [-0.05, 0) is 18.6 Å². The van der Waals surface area contributed by atoms with E-state index in [4.69, 9.17) is 0 Å². The molecule has 1 aromatic heterocycles. The lowest BCUT2D eigenvalue weighted by atomic mass is 10.2. The lowest BCUT2D eigenvalue weighted by Crippen LogP contribution is -2.00. The molecule has 1 heterocycles. The van der Waals surface area contributed by atoms with E-state index >= 15 is 0 Å². The molecule has 0 aliphatic rings. The van der Waals surface area contributed by atoms with Crippen molar-refractivity contribution in [1.29, 1.82) is 0 Å². The molecule has 0 bridgehead atoms. The second kappa shape index (κ2) is 5.96. The molecule has 0 radical (unpaired) electrons. The van der Waals surface area contributed by atoms with E-state index in [2.05, 4.69) is 38.1 Å². The van der Waals surface area contributed by atoms with Gasteiger partial charge < -0.3 is 5.32 Å². The van der Waals surface area contributed by atoms with Gasteiger partial charge in [-0.1, -0.05) is 41.4 Å². The number of rotatable bonds is 4. The SMILES string of the molecule is CCCc1cc(NC)nc(-c2cccc(Br)c2)n1. The molecule has 2 aromatic rings. The highest BCUT2D eigenvalue weighted by atomic mass is 79.9. The highest BCUT2D eigenvalue weighted by Crippen LogP contribution is 2.22. The second-order valence-electron chi connectivity index (χ2n) is 4.08. The molecule has 0 saturated heterocycles. The van der Waals surface area contributed by atoms with Gasteiger partial charge in [-0.25, -0.2) is 9.97 Å². The third-order valence-electron chi connectivity index (χ3n) is 2.62. The number of hydrogen-bond donors (Lipinski definition) is 1. The number of anilines is 1. The minimum absolute atomic E-state index is 0.770. The van der Waals surface area contributed by atoms with Crippen LogP contribution in [0.5, 0.6) is 0 Å². The van der Waals surface area contributed by atoms with Crippen LogP contribution in [0.2, 0.25) is 0 Å². The van der Waals surface area contributed by atoms with E-state index in [9.17, 15) is 0 Å². The van der Waals surface area contributed by atoms with Crippen molar-refractivity contribution in [2.45, 2.75) is 19.8 Å². The van der Waals surface area contributed by atoms with Crippen LogP contribution in [0.4, 0.5) is 5.82 Å². The molecule has 3 nitrogen and oxygen atoms in total. The molecule has 4 heteroatoms. The first-order valence-corrected chi connectivity index (χ1v) is 6.84. The smallest absolute Gasteiger partial charge is 0.161 e. The Morgan fingerprint density at radius 3 is 2.72 bits per heavy atom. The van der Waals surface area contributed by atoms with Gasteiger partial charge in [0.25, 0.3) is 0 Å². The number of hydrogen-bond acceptors (Lipinski definition) is 3. The van der Waals surface area contributed by atoms with Gasteiger partial charge in [0.15, 0.2) is 5.82 Å². The Balaban J connectivity index is 2.46. The summed E-state index contributed by atoms with van der Waals surface area (Å²) in [6.07, 6.45) is 2.05. The zero-order chi connectivity index (χ0) is 13.0. The van der Waals surface area contributed by atoms with Gasteiger partial charge in [0.1, 0.15) is 5.82 Å². The van der Waals surface area contributed by atoms with Crippen LogP contribution < -0.4 is 5.32 Å². The van der Waals surface area contributed by atoms with Crippen molar-refractivity contribution in [2.24, 2.45) is 0 Å². The lowest BCUT2D eigenvalue weighted by Gasteiger charge is -2.07. The Hall–Kier alpha value is -1.42. The molecule has 2 rings (SSSR count). The van der Waals surface area contributed by atoms with E-state index in [-0.39, 0.29) is 0 Å². The van der Waals surface area contributed by atoms with Crippen LogP contribution in [0, 0.1) is 0 Å². The van der Waals surface area contributed by atoms with Gasteiger partial charge in [0, 0.05) is 28.8 Å². The predicted octanol–water partition coefficient (Wildman–Crippen LogP) is 3.90. The fourth-order valence-electron chi connectivity index (χ4n) is 1.77. The van der Waals surface area contributed by atoms with Crippen molar-refractivity contribution >= 4 is 21.7 Å². The minimum atomic E-state index is 0.770. The Kier molecular flexibility index (Phi) is 4.31. The number of aromatic nitrogens is 2. The van der Waals surface area contributed by atoms with E-state index in [1.54, 1.807) is 0 Å². The van der Waals surface area contributed by atoms with Crippen LogP contribution in [0.15, 0.2) is 34.8 Å². The first-order valence-electron chi connectivity index (χ1n) is 6.04.